The Morgan fingerprint density at radius 3 is 2.73 bits per heavy atom. The highest BCUT2D eigenvalue weighted by atomic mass is 16.5. The average Bonchev–Trinajstić information content (AvgIpc) is 2.29. The van der Waals surface area contributed by atoms with E-state index < -0.39 is 6.09 Å². The number of methoxy groups -OCH3 is 1. The molecular formula is C11H14N2O2. The molecule has 0 bridgehead atoms. The van der Waals surface area contributed by atoms with Crippen LogP contribution in [0, 0.1) is 0 Å². The lowest BCUT2D eigenvalue weighted by Gasteiger charge is -2.04. The van der Waals surface area contributed by atoms with E-state index in [4.69, 9.17) is 0 Å². The fourth-order valence-corrected chi connectivity index (χ4v) is 1.09. The normalized spacial score (nSPS) is 12.4. The first-order valence-electron chi connectivity index (χ1n) is 4.66. The lowest BCUT2D eigenvalue weighted by Crippen LogP contribution is -2.17. The summed E-state index contributed by atoms with van der Waals surface area (Å²) in [5.74, 6) is 0.156. The molecule has 80 valence electrons. The zero-order valence-electron chi connectivity index (χ0n) is 8.81. The Bertz CT molecular complexity index is 336. The van der Waals surface area contributed by atoms with Gasteiger partial charge in [-0.05, 0) is 5.56 Å². The molecule has 1 atom stereocenters. The molecule has 1 aromatic rings. The summed E-state index contributed by atoms with van der Waals surface area (Å²) in [6.45, 7) is 2.00. The molecule has 0 saturated heterocycles. The van der Waals surface area contributed by atoms with E-state index in [-0.39, 0.29) is 5.92 Å². The Kier molecular flexibility index (Phi) is 4.34. The summed E-state index contributed by atoms with van der Waals surface area (Å²) in [6, 6.07) is 9.91. The van der Waals surface area contributed by atoms with Gasteiger partial charge in [0.25, 0.3) is 0 Å². The quantitative estimate of drug-likeness (QED) is 0.608. The van der Waals surface area contributed by atoms with Crippen molar-refractivity contribution in [2.75, 3.05) is 7.11 Å². The number of ether oxygens (including phenoxy) is 1. The summed E-state index contributed by atoms with van der Waals surface area (Å²) in [4.78, 5) is 10.7. The van der Waals surface area contributed by atoms with Crippen LogP contribution >= 0.6 is 0 Å². The van der Waals surface area contributed by atoms with Crippen molar-refractivity contribution in [3.63, 3.8) is 0 Å². The summed E-state index contributed by atoms with van der Waals surface area (Å²) in [5, 5.41) is 3.77. The molecule has 0 spiro atoms. The molecule has 0 fully saturated rings. The van der Waals surface area contributed by atoms with Gasteiger partial charge >= 0.3 is 6.09 Å². The van der Waals surface area contributed by atoms with Gasteiger partial charge in [0.2, 0.25) is 0 Å². The minimum Gasteiger partial charge on any atom is -0.452 e. The zero-order chi connectivity index (χ0) is 11.1. The van der Waals surface area contributed by atoms with Crippen LogP contribution in [0.1, 0.15) is 18.4 Å². The fraction of sp³-hybridized carbons (Fsp3) is 0.273. The summed E-state index contributed by atoms with van der Waals surface area (Å²) in [7, 11) is 1.30. The molecule has 0 aliphatic rings. The van der Waals surface area contributed by atoms with Gasteiger partial charge in [-0.15, -0.1) is 0 Å². The maximum atomic E-state index is 10.7. The number of carbonyl (C=O) groups excluding carboxylic acids is 1. The first kappa shape index (κ1) is 11.2. The third-order valence-electron chi connectivity index (χ3n) is 1.96. The van der Waals surface area contributed by atoms with Gasteiger partial charge in [-0.2, -0.15) is 5.10 Å². The van der Waals surface area contributed by atoms with Crippen molar-refractivity contribution < 1.29 is 9.53 Å². The Morgan fingerprint density at radius 1 is 1.47 bits per heavy atom. The Hall–Kier alpha value is -1.84. The number of benzene rings is 1. The molecule has 15 heavy (non-hydrogen) atoms. The minimum absolute atomic E-state index is 0.156. The summed E-state index contributed by atoms with van der Waals surface area (Å²) in [6.07, 6.45) is 1.10. The highest BCUT2D eigenvalue weighted by molar-refractivity contribution is 5.71. The predicted molar refractivity (Wildman–Crippen MR) is 58.9 cm³/mol. The van der Waals surface area contributed by atoms with Crippen LogP contribution in [0.15, 0.2) is 35.4 Å². The lowest BCUT2D eigenvalue weighted by atomic mass is 10.0. The van der Waals surface area contributed by atoms with Gasteiger partial charge in [0, 0.05) is 12.1 Å². The lowest BCUT2D eigenvalue weighted by molar-refractivity contribution is 0.171. The number of rotatable bonds is 3. The summed E-state index contributed by atoms with van der Waals surface area (Å²) < 4.78 is 4.37. The SMILES string of the molecule is COC(=O)N/N=C\[C@H](C)c1ccccc1. The van der Waals surface area contributed by atoms with Crippen molar-refractivity contribution in [1.29, 1.82) is 0 Å². The smallest absolute Gasteiger partial charge is 0.427 e. The van der Waals surface area contributed by atoms with Gasteiger partial charge in [-0.3, -0.25) is 0 Å². The number of nitrogens with zero attached hydrogens (tertiary/aromatic N) is 1. The molecule has 0 aromatic heterocycles. The van der Waals surface area contributed by atoms with E-state index >= 15 is 0 Å². The molecule has 0 unspecified atom stereocenters. The molecule has 0 radical (unpaired) electrons. The first-order chi connectivity index (χ1) is 7.24. The van der Waals surface area contributed by atoms with Gasteiger partial charge in [0.15, 0.2) is 0 Å². The van der Waals surface area contributed by atoms with Crippen LogP contribution in [0.3, 0.4) is 0 Å². The second-order valence-corrected chi connectivity index (χ2v) is 3.08. The van der Waals surface area contributed by atoms with Crippen molar-refractivity contribution in [2.45, 2.75) is 12.8 Å². The molecule has 0 aliphatic carbocycles. The molecule has 0 aliphatic heterocycles. The molecule has 0 saturated carbocycles. The molecule has 1 rings (SSSR count). The molecule has 0 heterocycles. The van der Waals surface area contributed by atoms with Crippen molar-refractivity contribution >= 4 is 12.3 Å². The Balaban J connectivity index is 2.49. The van der Waals surface area contributed by atoms with Crippen LogP contribution in [0.2, 0.25) is 0 Å². The zero-order valence-corrected chi connectivity index (χ0v) is 8.81. The van der Waals surface area contributed by atoms with Crippen LogP contribution in [0.25, 0.3) is 0 Å². The van der Waals surface area contributed by atoms with Gasteiger partial charge in [0.05, 0.1) is 7.11 Å². The van der Waals surface area contributed by atoms with E-state index in [1.807, 2.05) is 37.3 Å². The van der Waals surface area contributed by atoms with Crippen LogP contribution < -0.4 is 5.43 Å². The second-order valence-electron chi connectivity index (χ2n) is 3.08. The monoisotopic (exact) mass is 206 g/mol. The predicted octanol–water partition coefficient (Wildman–Crippen LogP) is 2.13. The van der Waals surface area contributed by atoms with Gasteiger partial charge in [-0.1, -0.05) is 37.3 Å². The van der Waals surface area contributed by atoms with Crippen molar-refractivity contribution in [1.82, 2.24) is 5.43 Å². The highest BCUT2D eigenvalue weighted by Crippen LogP contribution is 2.11. The molecule has 4 nitrogen and oxygen atoms in total. The molecular weight excluding hydrogens is 192 g/mol. The van der Waals surface area contributed by atoms with E-state index in [2.05, 4.69) is 15.3 Å². The Morgan fingerprint density at radius 2 is 2.13 bits per heavy atom. The molecule has 1 aromatic carbocycles. The number of amides is 1. The van der Waals surface area contributed by atoms with Crippen LogP contribution in [0.4, 0.5) is 4.79 Å². The largest absolute Gasteiger partial charge is 0.452 e. The Labute approximate surface area is 88.9 Å². The fourth-order valence-electron chi connectivity index (χ4n) is 1.09. The van der Waals surface area contributed by atoms with E-state index in [9.17, 15) is 4.79 Å². The van der Waals surface area contributed by atoms with E-state index in [0.717, 1.165) is 5.56 Å². The van der Waals surface area contributed by atoms with Crippen molar-refractivity contribution in [3.05, 3.63) is 35.9 Å². The van der Waals surface area contributed by atoms with Crippen molar-refractivity contribution in [3.8, 4) is 0 Å². The van der Waals surface area contributed by atoms with Gasteiger partial charge in [0.1, 0.15) is 0 Å². The maximum Gasteiger partial charge on any atom is 0.427 e. The topological polar surface area (TPSA) is 50.7 Å². The number of nitrogens with one attached hydrogen (secondary N) is 1. The van der Waals surface area contributed by atoms with Gasteiger partial charge in [-0.25, -0.2) is 10.2 Å². The number of hydrogen-bond donors (Lipinski definition) is 1. The number of hydrogen-bond acceptors (Lipinski definition) is 3. The van der Waals surface area contributed by atoms with Gasteiger partial charge < -0.3 is 4.74 Å². The van der Waals surface area contributed by atoms with Crippen molar-refractivity contribution in [2.24, 2.45) is 5.10 Å². The standard InChI is InChI=1S/C11H14N2O2/c1-9(8-12-13-11(14)15-2)10-6-4-3-5-7-10/h3-9H,1-2H3,(H,13,14)/b12-8-/t9-/m0/s1. The number of carbonyl (C=O) groups is 1. The van der Waals surface area contributed by atoms with E-state index in [0.29, 0.717) is 0 Å². The minimum atomic E-state index is -0.563. The summed E-state index contributed by atoms with van der Waals surface area (Å²) in [5.41, 5.74) is 3.39. The molecule has 1 N–H and O–H groups in total. The maximum absolute atomic E-state index is 10.7. The first-order valence-corrected chi connectivity index (χ1v) is 4.66. The van der Waals surface area contributed by atoms with Crippen LogP contribution in [-0.4, -0.2) is 19.4 Å². The average molecular weight is 206 g/mol. The third-order valence-corrected chi connectivity index (χ3v) is 1.96. The molecule has 1 amide bonds. The number of hydrazone groups is 1. The van der Waals surface area contributed by atoms with E-state index in [1.165, 1.54) is 7.11 Å². The third kappa shape index (κ3) is 3.81. The highest BCUT2D eigenvalue weighted by Gasteiger charge is 2.00. The molecule has 4 heteroatoms. The second kappa shape index (κ2) is 5.80. The summed E-state index contributed by atoms with van der Waals surface area (Å²) >= 11 is 0. The van der Waals surface area contributed by atoms with Crippen LogP contribution in [0.5, 0.6) is 0 Å². The van der Waals surface area contributed by atoms with E-state index in [1.54, 1.807) is 6.21 Å². The van der Waals surface area contributed by atoms with Crippen LogP contribution in [-0.2, 0) is 4.74 Å².